The largest absolute Gasteiger partial charge is 0.480 e. The average Bonchev–Trinajstić information content (AvgIpc) is 2.47. The first-order valence-corrected chi connectivity index (χ1v) is 7.17. The summed E-state index contributed by atoms with van der Waals surface area (Å²) in [6.45, 7) is 4.39. The number of urea groups is 1. The van der Waals surface area contributed by atoms with Crippen molar-refractivity contribution < 1.29 is 14.7 Å². The van der Waals surface area contributed by atoms with Crippen molar-refractivity contribution in [1.82, 2.24) is 9.80 Å². The van der Waals surface area contributed by atoms with Crippen molar-refractivity contribution in [1.29, 1.82) is 0 Å². The van der Waals surface area contributed by atoms with Crippen molar-refractivity contribution in [3.63, 3.8) is 0 Å². The molecule has 1 saturated heterocycles. The Morgan fingerprint density at radius 1 is 1.24 bits per heavy atom. The van der Waals surface area contributed by atoms with E-state index in [1.165, 1.54) is 5.56 Å². The van der Waals surface area contributed by atoms with Crippen LogP contribution in [0.3, 0.4) is 0 Å². The summed E-state index contributed by atoms with van der Waals surface area (Å²) in [5.74, 6) is -0.829. The molecule has 1 aliphatic rings. The van der Waals surface area contributed by atoms with Crippen molar-refractivity contribution >= 4 is 17.7 Å². The molecule has 0 unspecified atom stereocenters. The van der Waals surface area contributed by atoms with Gasteiger partial charge in [-0.05, 0) is 24.1 Å². The Balaban J connectivity index is 1.85. The number of hydrogen-bond acceptors (Lipinski definition) is 3. The molecule has 0 aromatic heterocycles. The van der Waals surface area contributed by atoms with Gasteiger partial charge in [-0.3, -0.25) is 9.69 Å². The maximum atomic E-state index is 12.2. The summed E-state index contributed by atoms with van der Waals surface area (Å²) in [7, 11) is 0. The van der Waals surface area contributed by atoms with Crippen LogP contribution in [0.4, 0.5) is 10.5 Å². The number of nitrogens with zero attached hydrogens (tertiary/aromatic N) is 2. The topological polar surface area (TPSA) is 72.9 Å². The molecule has 1 aromatic carbocycles. The quantitative estimate of drug-likeness (QED) is 0.881. The van der Waals surface area contributed by atoms with E-state index >= 15 is 0 Å². The van der Waals surface area contributed by atoms with E-state index in [0.29, 0.717) is 26.2 Å². The highest BCUT2D eigenvalue weighted by Crippen LogP contribution is 2.12. The molecule has 1 fully saturated rings. The summed E-state index contributed by atoms with van der Waals surface area (Å²) in [5.41, 5.74) is 1.98. The Labute approximate surface area is 124 Å². The van der Waals surface area contributed by atoms with E-state index in [0.717, 1.165) is 12.1 Å². The average molecular weight is 291 g/mol. The summed E-state index contributed by atoms with van der Waals surface area (Å²) in [5, 5.41) is 11.6. The fourth-order valence-corrected chi connectivity index (χ4v) is 2.37. The van der Waals surface area contributed by atoms with Crippen LogP contribution in [0.25, 0.3) is 0 Å². The predicted molar refractivity (Wildman–Crippen MR) is 80.5 cm³/mol. The van der Waals surface area contributed by atoms with E-state index < -0.39 is 5.97 Å². The number of anilines is 1. The van der Waals surface area contributed by atoms with Crippen LogP contribution in [-0.2, 0) is 11.2 Å². The third-order valence-electron chi connectivity index (χ3n) is 3.60. The lowest BCUT2D eigenvalue weighted by Gasteiger charge is -2.33. The lowest BCUT2D eigenvalue weighted by Crippen LogP contribution is -2.51. The van der Waals surface area contributed by atoms with Crippen molar-refractivity contribution in [3.05, 3.63) is 29.8 Å². The van der Waals surface area contributed by atoms with E-state index in [1.54, 1.807) is 4.90 Å². The lowest BCUT2D eigenvalue weighted by molar-refractivity contribution is -0.138. The zero-order valence-electron chi connectivity index (χ0n) is 12.2. The van der Waals surface area contributed by atoms with Gasteiger partial charge in [0.15, 0.2) is 0 Å². The minimum atomic E-state index is -0.829. The molecule has 0 bridgehead atoms. The molecule has 0 radical (unpaired) electrons. The first kappa shape index (κ1) is 15.3. The zero-order chi connectivity index (χ0) is 15.2. The van der Waals surface area contributed by atoms with Crippen molar-refractivity contribution in [2.45, 2.75) is 13.3 Å². The highest BCUT2D eigenvalue weighted by molar-refractivity contribution is 5.89. The van der Waals surface area contributed by atoms with Crippen LogP contribution >= 0.6 is 0 Å². The summed E-state index contributed by atoms with van der Waals surface area (Å²) in [6.07, 6.45) is 0.928. The smallest absolute Gasteiger partial charge is 0.321 e. The molecule has 2 amide bonds. The SMILES string of the molecule is CCc1cccc(NC(=O)N2CCN(CC(=O)O)CC2)c1. The number of carbonyl (C=O) groups is 2. The zero-order valence-corrected chi connectivity index (χ0v) is 12.2. The minimum absolute atomic E-state index is 0.0357. The Hall–Kier alpha value is -2.08. The molecule has 0 atom stereocenters. The second-order valence-corrected chi connectivity index (χ2v) is 5.14. The van der Waals surface area contributed by atoms with E-state index in [9.17, 15) is 9.59 Å². The van der Waals surface area contributed by atoms with Crippen LogP contribution in [-0.4, -0.2) is 59.6 Å². The maximum Gasteiger partial charge on any atom is 0.321 e. The second kappa shape index (κ2) is 7.08. The van der Waals surface area contributed by atoms with Gasteiger partial charge in [0.25, 0.3) is 0 Å². The monoisotopic (exact) mass is 291 g/mol. The molecule has 1 heterocycles. The van der Waals surface area contributed by atoms with Gasteiger partial charge < -0.3 is 15.3 Å². The molecule has 0 saturated carbocycles. The minimum Gasteiger partial charge on any atom is -0.480 e. The van der Waals surface area contributed by atoms with Gasteiger partial charge in [0.1, 0.15) is 0 Å². The van der Waals surface area contributed by atoms with Crippen LogP contribution in [0.1, 0.15) is 12.5 Å². The first-order chi connectivity index (χ1) is 10.1. The number of amides is 2. The molecule has 1 aromatic rings. The van der Waals surface area contributed by atoms with E-state index in [2.05, 4.69) is 12.2 Å². The predicted octanol–water partition coefficient (Wildman–Crippen LogP) is 1.48. The fourth-order valence-electron chi connectivity index (χ4n) is 2.37. The van der Waals surface area contributed by atoms with Crippen molar-refractivity contribution in [2.75, 3.05) is 38.0 Å². The summed E-state index contributed by atoms with van der Waals surface area (Å²) in [4.78, 5) is 26.4. The molecule has 1 aliphatic heterocycles. The summed E-state index contributed by atoms with van der Waals surface area (Å²) in [6, 6.07) is 7.67. The van der Waals surface area contributed by atoms with Crippen molar-refractivity contribution in [3.8, 4) is 0 Å². The number of carbonyl (C=O) groups excluding carboxylic acids is 1. The highest BCUT2D eigenvalue weighted by atomic mass is 16.4. The summed E-state index contributed by atoms with van der Waals surface area (Å²) >= 11 is 0. The normalized spacial score (nSPS) is 15.8. The number of carboxylic acid groups (broad SMARTS) is 1. The number of benzene rings is 1. The second-order valence-electron chi connectivity index (χ2n) is 5.14. The molecule has 114 valence electrons. The molecule has 2 rings (SSSR count). The van der Waals surface area contributed by atoms with Crippen LogP contribution in [0.2, 0.25) is 0 Å². The van der Waals surface area contributed by atoms with E-state index in [4.69, 9.17) is 5.11 Å². The molecule has 21 heavy (non-hydrogen) atoms. The third kappa shape index (κ3) is 4.46. The number of aryl methyl sites for hydroxylation is 1. The van der Waals surface area contributed by atoms with Gasteiger partial charge in [-0.1, -0.05) is 19.1 Å². The Morgan fingerprint density at radius 2 is 1.95 bits per heavy atom. The molecule has 6 nitrogen and oxygen atoms in total. The Kier molecular flexibility index (Phi) is 5.16. The number of piperazine rings is 1. The lowest BCUT2D eigenvalue weighted by atomic mass is 10.1. The van der Waals surface area contributed by atoms with Gasteiger partial charge in [-0.15, -0.1) is 0 Å². The Morgan fingerprint density at radius 3 is 2.57 bits per heavy atom. The van der Waals surface area contributed by atoms with Gasteiger partial charge in [0.05, 0.1) is 6.54 Å². The third-order valence-corrected chi connectivity index (χ3v) is 3.60. The molecule has 2 N–H and O–H groups in total. The summed E-state index contributed by atoms with van der Waals surface area (Å²) < 4.78 is 0. The number of aliphatic carboxylic acids is 1. The highest BCUT2D eigenvalue weighted by Gasteiger charge is 2.22. The molecular weight excluding hydrogens is 270 g/mol. The van der Waals surface area contributed by atoms with Crippen LogP contribution in [0.15, 0.2) is 24.3 Å². The molecule has 0 aliphatic carbocycles. The molecular formula is C15H21N3O3. The van der Waals surface area contributed by atoms with Gasteiger partial charge in [-0.25, -0.2) is 4.79 Å². The van der Waals surface area contributed by atoms with Crippen LogP contribution in [0, 0.1) is 0 Å². The van der Waals surface area contributed by atoms with Crippen LogP contribution < -0.4 is 5.32 Å². The van der Waals surface area contributed by atoms with E-state index in [1.807, 2.05) is 29.2 Å². The number of rotatable bonds is 4. The molecule has 6 heteroatoms. The first-order valence-electron chi connectivity index (χ1n) is 7.17. The standard InChI is InChI=1S/C15H21N3O3/c1-2-12-4-3-5-13(10-12)16-15(21)18-8-6-17(7-9-18)11-14(19)20/h3-5,10H,2,6-9,11H2,1H3,(H,16,21)(H,19,20). The van der Waals surface area contributed by atoms with Crippen molar-refractivity contribution in [2.24, 2.45) is 0 Å². The van der Waals surface area contributed by atoms with Gasteiger partial charge in [0.2, 0.25) is 0 Å². The van der Waals surface area contributed by atoms with Crippen LogP contribution in [0.5, 0.6) is 0 Å². The van der Waals surface area contributed by atoms with Gasteiger partial charge in [0, 0.05) is 31.9 Å². The number of hydrogen-bond donors (Lipinski definition) is 2. The number of carboxylic acids is 1. The van der Waals surface area contributed by atoms with Gasteiger partial charge in [-0.2, -0.15) is 0 Å². The van der Waals surface area contributed by atoms with E-state index in [-0.39, 0.29) is 12.6 Å². The fraction of sp³-hybridized carbons (Fsp3) is 0.467. The molecule has 0 spiro atoms. The Bertz CT molecular complexity index is 511. The van der Waals surface area contributed by atoms with Gasteiger partial charge >= 0.3 is 12.0 Å². The maximum absolute atomic E-state index is 12.2. The number of nitrogens with one attached hydrogen (secondary N) is 1.